The first-order valence-corrected chi connectivity index (χ1v) is 6.68. The van der Waals surface area contributed by atoms with E-state index in [2.05, 4.69) is 10.3 Å². The van der Waals surface area contributed by atoms with Crippen LogP contribution in [-0.2, 0) is 6.42 Å². The molecule has 0 radical (unpaired) electrons. The van der Waals surface area contributed by atoms with Gasteiger partial charge in [0, 0.05) is 22.8 Å². The van der Waals surface area contributed by atoms with Crippen molar-refractivity contribution in [3.05, 3.63) is 56.9 Å². The molecule has 0 aliphatic carbocycles. The normalized spacial score (nSPS) is 10.5. The lowest BCUT2D eigenvalue weighted by Gasteiger charge is -2.08. The molecule has 2 rings (SSSR count). The molecule has 100 valence electrons. The summed E-state index contributed by atoms with van der Waals surface area (Å²) in [7, 11) is 0. The minimum Gasteiger partial charge on any atom is -0.367 e. The van der Waals surface area contributed by atoms with Gasteiger partial charge in [-0.1, -0.05) is 40.9 Å². The van der Waals surface area contributed by atoms with Gasteiger partial charge in [-0.25, -0.2) is 9.37 Å². The van der Waals surface area contributed by atoms with Crippen LogP contribution in [0, 0.1) is 5.82 Å². The van der Waals surface area contributed by atoms with Crippen molar-refractivity contribution < 1.29 is 4.39 Å². The monoisotopic (exact) mass is 318 g/mol. The molecule has 0 spiro atoms. The third-order valence-corrected chi connectivity index (χ3v) is 3.30. The lowest BCUT2D eigenvalue weighted by atomic mass is 10.1. The molecule has 0 saturated carbocycles. The first-order valence-electron chi connectivity index (χ1n) is 5.55. The lowest BCUT2D eigenvalue weighted by Crippen LogP contribution is -2.08. The summed E-state index contributed by atoms with van der Waals surface area (Å²) in [4.78, 5) is 3.87. The number of halogens is 4. The van der Waals surface area contributed by atoms with Crippen LogP contribution in [0.15, 0.2) is 30.5 Å². The van der Waals surface area contributed by atoms with Crippen LogP contribution in [0.5, 0.6) is 0 Å². The Morgan fingerprint density at radius 2 is 1.89 bits per heavy atom. The summed E-state index contributed by atoms with van der Waals surface area (Å²) in [5.41, 5.74) is 0.938. The smallest absolute Gasteiger partial charge is 0.166 e. The van der Waals surface area contributed by atoms with Crippen LogP contribution in [0.1, 0.15) is 5.56 Å². The van der Waals surface area contributed by atoms with Gasteiger partial charge in [0.25, 0.3) is 0 Å². The summed E-state index contributed by atoms with van der Waals surface area (Å²) in [6.45, 7) is 0.507. The molecule has 1 N–H and O–H groups in total. The predicted molar refractivity (Wildman–Crippen MR) is 77.9 cm³/mol. The molecule has 0 unspecified atom stereocenters. The molecule has 0 aliphatic rings. The van der Waals surface area contributed by atoms with Gasteiger partial charge in [0.2, 0.25) is 0 Å². The standard InChI is InChI=1S/C13H10Cl3FN2/c14-9-2-1-8(11(16)5-9)3-4-18-13-12(17)6-10(15)7-19-13/h1-2,5-7H,3-4H2,(H,18,19). The quantitative estimate of drug-likeness (QED) is 0.872. The fraction of sp³-hybridized carbons (Fsp3) is 0.154. The number of hydrogen-bond acceptors (Lipinski definition) is 2. The van der Waals surface area contributed by atoms with Gasteiger partial charge in [0.1, 0.15) is 0 Å². The number of benzene rings is 1. The molecule has 6 heteroatoms. The molecular weight excluding hydrogens is 310 g/mol. The summed E-state index contributed by atoms with van der Waals surface area (Å²) >= 11 is 17.5. The number of rotatable bonds is 4. The second-order valence-corrected chi connectivity index (χ2v) is 5.18. The zero-order valence-corrected chi connectivity index (χ0v) is 12.0. The largest absolute Gasteiger partial charge is 0.367 e. The summed E-state index contributed by atoms with van der Waals surface area (Å²) in [6.07, 6.45) is 2.03. The molecular formula is C13H10Cl3FN2. The minimum absolute atomic E-state index is 0.175. The van der Waals surface area contributed by atoms with E-state index in [4.69, 9.17) is 34.8 Å². The molecule has 1 heterocycles. The molecule has 0 atom stereocenters. The summed E-state index contributed by atoms with van der Waals surface area (Å²) < 4.78 is 13.5. The van der Waals surface area contributed by atoms with Gasteiger partial charge in [-0.3, -0.25) is 0 Å². The Balaban J connectivity index is 1.96. The van der Waals surface area contributed by atoms with Crippen LogP contribution >= 0.6 is 34.8 Å². The van der Waals surface area contributed by atoms with Crippen LogP contribution < -0.4 is 5.32 Å². The Hall–Kier alpha value is -1.03. The van der Waals surface area contributed by atoms with E-state index in [0.717, 1.165) is 5.56 Å². The molecule has 0 aliphatic heterocycles. The molecule has 0 bridgehead atoms. The first-order chi connectivity index (χ1) is 9.06. The maximum atomic E-state index is 13.5. The molecule has 2 nitrogen and oxygen atoms in total. The minimum atomic E-state index is -0.477. The molecule has 0 fully saturated rings. The van der Waals surface area contributed by atoms with Crippen molar-refractivity contribution in [1.29, 1.82) is 0 Å². The van der Waals surface area contributed by atoms with Gasteiger partial charge in [0.05, 0.1) is 5.02 Å². The molecule has 1 aromatic carbocycles. The van der Waals surface area contributed by atoms with Gasteiger partial charge in [-0.15, -0.1) is 0 Å². The number of nitrogens with one attached hydrogen (secondary N) is 1. The number of anilines is 1. The fourth-order valence-electron chi connectivity index (χ4n) is 1.58. The number of nitrogens with zero attached hydrogens (tertiary/aromatic N) is 1. The maximum absolute atomic E-state index is 13.5. The zero-order chi connectivity index (χ0) is 13.8. The Labute approximate surface area is 125 Å². The average molecular weight is 320 g/mol. The zero-order valence-electron chi connectivity index (χ0n) is 9.76. The van der Waals surface area contributed by atoms with Crippen molar-refractivity contribution in [2.45, 2.75) is 6.42 Å². The van der Waals surface area contributed by atoms with Crippen molar-refractivity contribution in [2.75, 3.05) is 11.9 Å². The topological polar surface area (TPSA) is 24.9 Å². The van der Waals surface area contributed by atoms with Crippen molar-refractivity contribution in [3.8, 4) is 0 Å². The van der Waals surface area contributed by atoms with Gasteiger partial charge in [0.15, 0.2) is 11.6 Å². The van der Waals surface area contributed by atoms with E-state index in [1.807, 2.05) is 6.07 Å². The van der Waals surface area contributed by atoms with E-state index in [0.29, 0.717) is 23.0 Å². The van der Waals surface area contributed by atoms with Gasteiger partial charge >= 0.3 is 0 Å². The van der Waals surface area contributed by atoms with E-state index in [9.17, 15) is 4.39 Å². The Bertz CT molecular complexity index is 539. The van der Waals surface area contributed by atoms with E-state index in [1.54, 1.807) is 12.1 Å². The lowest BCUT2D eigenvalue weighted by molar-refractivity contribution is 0.624. The summed E-state index contributed by atoms with van der Waals surface area (Å²) in [6, 6.07) is 6.51. The van der Waals surface area contributed by atoms with Crippen LogP contribution in [0.4, 0.5) is 10.2 Å². The second kappa shape index (κ2) is 6.42. The van der Waals surface area contributed by atoms with E-state index in [-0.39, 0.29) is 10.8 Å². The highest BCUT2D eigenvalue weighted by Crippen LogP contribution is 2.21. The predicted octanol–water partition coefficient (Wildman–Crippen LogP) is 4.84. The van der Waals surface area contributed by atoms with Crippen molar-refractivity contribution in [3.63, 3.8) is 0 Å². The third-order valence-electron chi connectivity index (χ3n) is 2.51. The van der Waals surface area contributed by atoms with E-state index >= 15 is 0 Å². The van der Waals surface area contributed by atoms with E-state index in [1.165, 1.54) is 12.3 Å². The van der Waals surface area contributed by atoms with Crippen LogP contribution in [0.25, 0.3) is 0 Å². The Morgan fingerprint density at radius 1 is 1.11 bits per heavy atom. The Morgan fingerprint density at radius 3 is 2.58 bits per heavy atom. The van der Waals surface area contributed by atoms with Crippen molar-refractivity contribution in [2.24, 2.45) is 0 Å². The van der Waals surface area contributed by atoms with Gasteiger partial charge in [-0.2, -0.15) is 0 Å². The van der Waals surface area contributed by atoms with Gasteiger partial charge in [-0.05, 0) is 30.2 Å². The molecule has 1 aromatic heterocycles. The van der Waals surface area contributed by atoms with Crippen molar-refractivity contribution in [1.82, 2.24) is 4.98 Å². The van der Waals surface area contributed by atoms with E-state index < -0.39 is 5.82 Å². The highest BCUT2D eigenvalue weighted by Gasteiger charge is 2.05. The van der Waals surface area contributed by atoms with Gasteiger partial charge < -0.3 is 5.32 Å². The summed E-state index contributed by atoms with van der Waals surface area (Å²) in [5, 5.41) is 4.35. The fourth-order valence-corrected chi connectivity index (χ4v) is 2.23. The average Bonchev–Trinajstić information content (AvgIpc) is 2.34. The maximum Gasteiger partial charge on any atom is 0.166 e. The third kappa shape index (κ3) is 3.96. The number of pyridine rings is 1. The van der Waals surface area contributed by atoms with Crippen LogP contribution in [0.3, 0.4) is 0 Å². The molecule has 0 saturated heterocycles. The summed E-state index contributed by atoms with van der Waals surface area (Å²) in [5.74, 6) is -0.302. The van der Waals surface area contributed by atoms with Crippen molar-refractivity contribution >= 4 is 40.6 Å². The highest BCUT2D eigenvalue weighted by molar-refractivity contribution is 6.35. The second-order valence-electron chi connectivity index (χ2n) is 3.90. The molecule has 0 amide bonds. The van der Waals surface area contributed by atoms with Crippen LogP contribution in [-0.4, -0.2) is 11.5 Å². The highest BCUT2D eigenvalue weighted by atomic mass is 35.5. The Kier molecular flexibility index (Phi) is 4.86. The van der Waals surface area contributed by atoms with Crippen LogP contribution in [0.2, 0.25) is 15.1 Å². The number of hydrogen-bond donors (Lipinski definition) is 1. The first kappa shape index (κ1) is 14.4. The molecule has 2 aromatic rings. The molecule has 19 heavy (non-hydrogen) atoms. The SMILES string of the molecule is Fc1cc(Cl)cnc1NCCc1ccc(Cl)cc1Cl. The number of aromatic nitrogens is 1.